The highest BCUT2D eigenvalue weighted by molar-refractivity contribution is 7.89. The molecule has 0 spiro atoms. The van der Waals surface area contributed by atoms with Crippen LogP contribution in [0.4, 0.5) is 5.69 Å². The first kappa shape index (κ1) is 20.9. The first-order chi connectivity index (χ1) is 12.3. The Bertz CT molecular complexity index is 706. The van der Waals surface area contributed by atoms with Crippen molar-refractivity contribution in [3.05, 3.63) is 24.3 Å². The minimum atomic E-state index is -3.53. The van der Waals surface area contributed by atoms with Crippen molar-refractivity contribution in [2.75, 3.05) is 38.0 Å². The van der Waals surface area contributed by atoms with Crippen LogP contribution in [0.2, 0.25) is 0 Å². The van der Waals surface area contributed by atoms with E-state index in [2.05, 4.69) is 24.1 Å². The number of sulfonamides is 1. The molecule has 1 aromatic carbocycles. The minimum absolute atomic E-state index is 0.108. The van der Waals surface area contributed by atoms with E-state index in [1.807, 2.05) is 13.8 Å². The molecule has 2 rings (SSSR count). The predicted molar refractivity (Wildman–Crippen MR) is 105 cm³/mol. The van der Waals surface area contributed by atoms with E-state index >= 15 is 0 Å². The summed E-state index contributed by atoms with van der Waals surface area (Å²) in [4.78, 5) is 14.8. The number of piperidine rings is 1. The average molecular weight is 382 g/mol. The number of anilines is 1. The summed E-state index contributed by atoms with van der Waals surface area (Å²) < 4.78 is 26.7. The lowest BCUT2D eigenvalue weighted by atomic mass is 9.92. The second-order valence-corrected chi connectivity index (χ2v) is 9.24. The number of nitrogens with one attached hydrogen (secondary N) is 1. The smallest absolute Gasteiger partial charge is 0.243 e. The van der Waals surface area contributed by atoms with Crippen LogP contribution in [-0.2, 0) is 14.8 Å². The molecule has 26 heavy (non-hydrogen) atoms. The van der Waals surface area contributed by atoms with Crippen LogP contribution in [0.5, 0.6) is 0 Å². The molecule has 0 radical (unpaired) electrons. The summed E-state index contributed by atoms with van der Waals surface area (Å²) >= 11 is 0. The summed E-state index contributed by atoms with van der Waals surface area (Å²) in [5, 5.41) is 2.84. The van der Waals surface area contributed by atoms with Gasteiger partial charge in [-0.05, 0) is 36.5 Å². The lowest BCUT2D eigenvalue weighted by Crippen LogP contribution is -2.42. The Morgan fingerprint density at radius 2 is 1.81 bits per heavy atom. The SMILES string of the molecule is CCN(CC)S(=O)(=O)c1cccc(NC(=O)CN2C[C@H](C)C[C@H](C)C2)c1. The van der Waals surface area contributed by atoms with Crippen LogP contribution < -0.4 is 5.32 Å². The zero-order chi connectivity index (χ0) is 19.3. The van der Waals surface area contributed by atoms with Crippen LogP contribution in [0.25, 0.3) is 0 Å². The van der Waals surface area contributed by atoms with Crippen LogP contribution >= 0.6 is 0 Å². The van der Waals surface area contributed by atoms with Crippen LogP contribution in [0.3, 0.4) is 0 Å². The number of nitrogens with zero attached hydrogens (tertiary/aromatic N) is 2. The van der Waals surface area contributed by atoms with Gasteiger partial charge in [-0.15, -0.1) is 0 Å². The molecule has 1 saturated heterocycles. The Balaban J connectivity index is 2.05. The van der Waals surface area contributed by atoms with Crippen LogP contribution in [0.1, 0.15) is 34.1 Å². The largest absolute Gasteiger partial charge is 0.325 e. The van der Waals surface area contributed by atoms with E-state index in [0.29, 0.717) is 37.2 Å². The molecule has 1 fully saturated rings. The summed E-state index contributed by atoms with van der Waals surface area (Å²) in [6.45, 7) is 11.1. The third-order valence-corrected chi connectivity index (χ3v) is 6.82. The van der Waals surface area contributed by atoms with Gasteiger partial charge in [-0.3, -0.25) is 9.69 Å². The fourth-order valence-corrected chi connectivity index (χ4v) is 5.28. The number of hydrogen-bond donors (Lipinski definition) is 1. The van der Waals surface area contributed by atoms with Crippen molar-refractivity contribution in [1.82, 2.24) is 9.21 Å². The first-order valence-electron chi connectivity index (χ1n) is 9.38. The van der Waals surface area contributed by atoms with Crippen LogP contribution in [0, 0.1) is 11.8 Å². The zero-order valence-corrected chi connectivity index (χ0v) is 17.1. The van der Waals surface area contributed by atoms with E-state index < -0.39 is 10.0 Å². The predicted octanol–water partition coefficient (Wildman–Crippen LogP) is 2.63. The van der Waals surface area contributed by atoms with Crippen molar-refractivity contribution in [3.8, 4) is 0 Å². The van der Waals surface area contributed by atoms with Crippen molar-refractivity contribution in [3.63, 3.8) is 0 Å². The van der Waals surface area contributed by atoms with Gasteiger partial charge in [0.1, 0.15) is 0 Å². The highest BCUT2D eigenvalue weighted by atomic mass is 32.2. The van der Waals surface area contributed by atoms with Gasteiger partial charge in [0, 0.05) is 31.9 Å². The van der Waals surface area contributed by atoms with Gasteiger partial charge in [0.2, 0.25) is 15.9 Å². The van der Waals surface area contributed by atoms with Crippen LogP contribution in [0.15, 0.2) is 29.2 Å². The van der Waals surface area contributed by atoms with Gasteiger partial charge in [-0.1, -0.05) is 33.8 Å². The van der Waals surface area contributed by atoms with Crippen molar-refractivity contribution in [2.45, 2.75) is 39.0 Å². The maximum Gasteiger partial charge on any atom is 0.243 e. The second kappa shape index (κ2) is 8.97. The molecule has 0 aliphatic carbocycles. The van der Waals surface area contributed by atoms with Gasteiger partial charge in [-0.2, -0.15) is 4.31 Å². The monoisotopic (exact) mass is 381 g/mol. The molecular formula is C19H31N3O3S. The number of carbonyl (C=O) groups excluding carboxylic acids is 1. The van der Waals surface area contributed by atoms with Gasteiger partial charge in [0.05, 0.1) is 11.4 Å². The molecule has 1 amide bonds. The number of carbonyl (C=O) groups is 1. The Hall–Kier alpha value is -1.44. The summed E-state index contributed by atoms with van der Waals surface area (Å²) in [5.41, 5.74) is 0.515. The van der Waals surface area contributed by atoms with E-state index in [1.165, 1.54) is 16.8 Å². The highest BCUT2D eigenvalue weighted by Crippen LogP contribution is 2.22. The Kier molecular flexibility index (Phi) is 7.20. The number of likely N-dealkylation sites (tertiary alicyclic amines) is 1. The van der Waals surface area contributed by atoms with Crippen LogP contribution in [-0.4, -0.2) is 56.3 Å². The zero-order valence-electron chi connectivity index (χ0n) is 16.2. The van der Waals surface area contributed by atoms with Gasteiger partial charge in [0.25, 0.3) is 0 Å². The second-order valence-electron chi connectivity index (χ2n) is 7.31. The van der Waals surface area contributed by atoms with E-state index in [0.717, 1.165) is 13.1 Å². The fraction of sp³-hybridized carbons (Fsp3) is 0.632. The van der Waals surface area contributed by atoms with Crippen molar-refractivity contribution in [1.29, 1.82) is 0 Å². The number of hydrogen-bond acceptors (Lipinski definition) is 4. The maximum absolute atomic E-state index is 12.6. The Labute approximate surface area is 157 Å². The standard InChI is InChI=1S/C19H31N3O3S/c1-5-22(6-2)26(24,25)18-9-7-8-17(11-18)20-19(23)14-21-12-15(3)10-16(4)13-21/h7-9,11,15-16H,5-6,10,12-14H2,1-4H3,(H,20,23)/t15-,16+. The molecule has 0 saturated carbocycles. The van der Waals surface area contributed by atoms with Crippen molar-refractivity contribution >= 4 is 21.6 Å². The number of amides is 1. The molecule has 2 atom stereocenters. The summed E-state index contributed by atoms with van der Waals surface area (Å²) in [5.74, 6) is 1.08. The minimum Gasteiger partial charge on any atom is -0.325 e. The molecule has 1 aromatic rings. The molecule has 6 nitrogen and oxygen atoms in total. The lowest BCUT2D eigenvalue weighted by Gasteiger charge is -2.34. The average Bonchev–Trinajstić information content (AvgIpc) is 2.54. The van der Waals surface area contributed by atoms with E-state index in [9.17, 15) is 13.2 Å². The molecule has 1 N–H and O–H groups in total. The van der Waals surface area contributed by atoms with Crippen molar-refractivity contribution in [2.24, 2.45) is 11.8 Å². The normalized spacial score (nSPS) is 21.7. The molecule has 1 heterocycles. The number of benzene rings is 1. The fourth-order valence-electron chi connectivity index (χ4n) is 3.77. The molecule has 146 valence electrons. The van der Waals surface area contributed by atoms with Gasteiger partial charge in [-0.25, -0.2) is 8.42 Å². The Morgan fingerprint density at radius 3 is 2.38 bits per heavy atom. The first-order valence-corrected chi connectivity index (χ1v) is 10.8. The molecular weight excluding hydrogens is 350 g/mol. The highest BCUT2D eigenvalue weighted by Gasteiger charge is 2.24. The quantitative estimate of drug-likeness (QED) is 0.788. The summed E-state index contributed by atoms with van der Waals surface area (Å²) in [7, 11) is -3.53. The van der Waals surface area contributed by atoms with Gasteiger partial charge < -0.3 is 5.32 Å². The van der Waals surface area contributed by atoms with E-state index in [-0.39, 0.29) is 10.8 Å². The topological polar surface area (TPSA) is 69.7 Å². The molecule has 0 bridgehead atoms. The third-order valence-electron chi connectivity index (χ3n) is 4.77. The van der Waals surface area contributed by atoms with E-state index in [1.54, 1.807) is 18.2 Å². The van der Waals surface area contributed by atoms with E-state index in [4.69, 9.17) is 0 Å². The lowest BCUT2D eigenvalue weighted by molar-refractivity contribution is -0.117. The molecule has 1 aliphatic rings. The third kappa shape index (κ3) is 5.28. The summed E-state index contributed by atoms with van der Waals surface area (Å²) in [6, 6.07) is 6.49. The van der Waals surface area contributed by atoms with Gasteiger partial charge in [0.15, 0.2) is 0 Å². The molecule has 0 aromatic heterocycles. The number of rotatable bonds is 7. The van der Waals surface area contributed by atoms with Crippen molar-refractivity contribution < 1.29 is 13.2 Å². The molecule has 7 heteroatoms. The molecule has 1 aliphatic heterocycles. The van der Waals surface area contributed by atoms with Gasteiger partial charge >= 0.3 is 0 Å². The summed E-state index contributed by atoms with van der Waals surface area (Å²) in [6.07, 6.45) is 1.20. The Morgan fingerprint density at radius 1 is 1.19 bits per heavy atom. The maximum atomic E-state index is 12.6. The molecule has 0 unspecified atom stereocenters.